The molecule has 1 heterocycles. The van der Waals surface area contributed by atoms with Crippen molar-refractivity contribution < 1.29 is 0 Å². The first-order valence-electron chi connectivity index (χ1n) is 7.60. The Balaban J connectivity index is 2.06. The zero-order valence-electron chi connectivity index (χ0n) is 12.8. The highest BCUT2D eigenvalue weighted by atomic mass is 15.3. The van der Waals surface area contributed by atoms with Crippen LogP contribution in [0.1, 0.15) is 37.4 Å². The van der Waals surface area contributed by atoms with Crippen LogP contribution >= 0.6 is 0 Å². The van der Waals surface area contributed by atoms with E-state index in [9.17, 15) is 5.26 Å². The van der Waals surface area contributed by atoms with E-state index in [0.29, 0.717) is 6.04 Å². The molecule has 1 saturated heterocycles. The fraction of sp³-hybridized carbons (Fsp3) is 0.588. The van der Waals surface area contributed by atoms with Gasteiger partial charge in [0, 0.05) is 25.7 Å². The van der Waals surface area contributed by atoms with Crippen molar-refractivity contribution >= 4 is 0 Å². The van der Waals surface area contributed by atoms with E-state index in [1.807, 2.05) is 0 Å². The maximum atomic E-state index is 9.55. The highest BCUT2D eigenvalue weighted by Crippen LogP contribution is 2.23. The highest BCUT2D eigenvalue weighted by Gasteiger charge is 2.28. The summed E-state index contributed by atoms with van der Waals surface area (Å²) in [5, 5.41) is 9.55. The lowest BCUT2D eigenvalue weighted by molar-refractivity contribution is 0.0690. The Hall–Kier alpha value is -1.37. The summed E-state index contributed by atoms with van der Waals surface area (Å²) in [7, 11) is 0. The van der Waals surface area contributed by atoms with Gasteiger partial charge in [-0.15, -0.1) is 0 Å². The molecule has 1 aromatic rings. The van der Waals surface area contributed by atoms with E-state index in [1.54, 1.807) is 0 Å². The lowest BCUT2D eigenvalue weighted by Gasteiger charge is -2.41. The van der Waals surface area contributed by atoms with Gasteiger partial charge >= 0.3 is 0 Å². The molecule has 1 fully saturated rings. The zero-order valence-corrected chi connectivity index (χ0v) is 12.8. The van der Waals surface area contributed by atoms with Gasteiger partial charge in [0.15, 0.2) is 0 Å². The molecule has 2 rings (SSSR count). The van der Waals surface area contributed by atoms with E-state index >= 15 is 0 Å². The Morgan fingerprint density at radius 2 is 2.00 bits per heavy atom. The average molecular weight is 271 g/mol. The van der Waals surface area contributed by atoms with Crippen molar-refractivity contribution in [1.82, 2.24) is 9.80 Å². The van der Waals surface area contributed by atoms with E-state index in [-0.39, 0.29) is 6.04 Å². The average Bonchev–Trinajstić information content (AvgIpc) is 2.45. The number of nitrogens with zero attached hydrogens (tertiary/aromatic N) is 3. The number of nitriles is 1. The molecule has 0 N–H and O–H groups in total. The second-order valence-corrected chi connectivity index (χ2v) is 5.82. The summed E-state index contributed by atoms with van der Waals surface area (Å²) in [6.07, 6.45) is 1.20. The first-order valence-corrected chi connectivity index (χ1v) is 7.60. The van der Waals surface area contributed by atoms with Crippen molar-refractivity contribution in [1.29, 1.82) is 5.26 Å². The quantitative estimate of drug-likeness (QED) is 0.843. The summed E-state index contributed by atoms with van der Waals surface area (Å²) < 4.78 is 0. The summed E-state index contributed by atoms with van der Waals surface area (Å²) in [6.45, 7) is 10.8. The minimum atomic E-state index is -0.109. The molecule has 3 nitrogen and oxygen atoms in total. The summed E-state index contributed by atoms with van der Waals surface area (Å²) in [5.41, 5.74) is 2.36. The van der Waals surface area contributed by atoms with Gasteiger partial charge in [0.2, 0.25) is 0 Å². The SMILES string of the molecule is CCCN1CCN(C(C#N)c2ccc(C)cc2)CC1C. The van der Waals surface area contributed by atoms with Crippen LogP contribution < -0.4 is 0 Å². The van der Waals surface area contributed by atoms with Crippen molar-refractivity contribution in [2.45, 2.75) is 39.3 Å². The molecule has 1 aromatic carbocycles. The standard InChI is InChI=1S/C17H25N3/c1-4-9-19-10-11-20(13-15(19)3)17(12-18)16-7-5-14(2)6-8-16/h5-8,15,17H,4,9-11,13H2,1-3H3. The van der Waals surface area contributed by atoms with Crippen LogP contribution in [-0.2, 0) is 0 Å². The van der Waals surface area contributed by atoms with Gasteiger partial charge in [0.05, 0.1) is 6.07 Å². The van der Waals surface area contributed by atoms with E-state index in [1.165, 1.54) is 12.0 Å². The van der Waals surface area contributed by atoms with Crippen LogP contribution in [0, 0.1) is 18.3 Å². The molecule has 0 aliphatic carbocycles. The highest BCUT2D eigenvalue weighted by molar-refractivity contribution is 5.28. The second-order valence-electron chi connectivity index (χ2n) is 5.82. The van der Waals surface area contributed by atoms with E-state index < -0.39 is 0 Å². The van der Waals surface area contributed by atoms with Gasteiger partial charge in [-0.3, -0.25) is 9.80 Å². The van der Waals surface area contributed by atoms with Crippen molar-refractivity contribution in [3.05, 3.63) is 35.4 Å². The summed E-state index contributed by atoms with van der Waals surface area (Å²) in [4.78, 5) is 4.85. The Bertz CT molecular complexity index is 460. The molecule has 20 heavy (non-hydrogen) atoms. The van der Waals surface area contributed by atoms with Gasteiger partial charge in [0.1, 0.15) is 6.04 Å². The fourth-order valence-corrected chi connectivity index (χ4v) is 2.99. The van der Waals surface area contributed by atoms with Crippen LogP contribution in [0.25, 0.3) is 0 Å². The van der Waals surface area contributed by atoms with Crippen LogP contribution in [0.3, 0.4) is 0 Å². The maximum absolute atomic E-state index is 9.55. The molecular formula is C17H25N3. The minimum absolute atomic E-state index is 0.109. The number of rotatable bonds is 4. The summed E-state index contributed by atoms with van der Waals surface area (Å²) in [5.74, 6) is 0. The van der Waals surface area contributed by atoms with Crippen LogP contribution in [-0.4, -0.2) is 42.0 Å². The van der Waals surface area contributed by atoms with E-state index in [4.69, 9.17) is 0 Å². The molecular weight excluding hydrogens is 246 g/mol. The predicted octanol–water partition coefficient (Wildman–Crippen LogP) is 2.98. The van der Waals surface area contributed by atoms with Gasteiger partial charge in [-0.2, -0.15) is 5.26 Å². The topological polar surface area (TPSA) is 30.3 Å². The number of hydrogen-bond acceptors (Lipinski definition) is 3. The van der Waals surface area contributed by atoms with Crippen LogP contribution in [0.4, 0.5) is 0 Å². The molecule has 0 spiro atoms. The number of hydrogen-bond donors (Lipinski definition) is 0. The molecule has 0 bridgehead atoms. The predicted molar refractivity (Wildman–Crippen MR) is 82.4 cm³/mol. The Kier molecular flexibility index (Phi) is 5.17. The van der Waals surface area contributed by atoms with Gasteiger partial charge in [-0.05, 0) is 32.4 Å². The van der Waals surface area contributed by atoms with E-state index in [2.05, 4.69) is 60.9 Å². The first-order chi connectivity index (χ1) is 9.65. The van der Waals surface area contributed by atoms with Gasteiger partial charge in [-0.1, -0.05) is 36.8 Å². The fourth-order valence-electron chi connectivity index (χ4n) is 2.99. The molecule has 2 atom stereocenters. The lowest BCUT2D eigenvalue weighted by atomic mass is 10.0. The zero-order chi connectivity index (χ0) is 14.5. The number of piperazine rings is 1. The third-order valence-electron chi connectivity index (χ3n) is 4.19. The van der Waals surface area contributed by atoms with Gasteiger partial charge < -0.3 is 0 Å². The Labute approximate surface area is 122 Å². The van der Waals surface area contributed by atoms with Crippen LogP contribution in [0.2, 0.25) is 0 Å². The third kappa shape index (κ3) is 3.39. The minimum Gasteiger partial charge on any atom is -0.298 e. The normalized spacial score (nSPS) is 22.4. The van der Waals surface area contributed by atoms with Gasteiger partial charge in [0.25, 0.3) is 0 Å². The second kappa shape index (κ2) is 6.88. The number of aryl methyl sites for hydroxylation is 1. The molecule has 3 heteroatoms. The molecule has 0 amide bonds. The molecule has 1 aliphatic heterocycles. The van der Waals surface area contributed by atoms with Crippen LogP contribution in [0.5, 0.6) is 0 Å². The molecule has 0 radical (unpaired) electrons. The summed E-state index contributed by atoms with van der Waals surface area (Å²) in [6, 6.07) is 11.3. The molecule has 108 valence electrons. The van der Waals surface area contributed by atoms with Crippen LogP contribution in [0.15, 0.2) is 24.3 Å². The van der Waals surface area contributed by atoms with Crippen molar-refractivity contribution in [2.75, 3.05) is 26.2 Å². The summed E-state index contributed by atoms with van der Waals surface area (Å²) >= 11 is 0. The van der Waals surface area contributed by atoms with Crippen molar-refractivity contribution in [3.63, 3.8) is 0 Å². The largest absolute Gasteiger partial charge is 0.298 e. The lowest BCUT2D eigenvalue weighted by Crippen LogP contribution is -2.52. The molecule has 1 aliphatic rings. The Morgan fingerprint density at radius 3 is 2.55 bits per heavy atom. The van der Waals surface area contributed by atoms with Crippen molar-refractivity contribution in [3.8, 4) is 6.07 Å². The van der Waals surface area contributed by atoms with Crippen molar-refractivity contribution in [2.24, 2.45) is 0 Å². The first kappa shape index (κ1) is 15.0. The Morgan fingerprint density at radius 1 is 1.30 bits per heavy atom. The number of benzene rings is 1. The van der Waals surface area contributed by atoms with E-state index in [0.717, 1.165) is 31.7 Å². The monoisotopic (exact) mass is 271 g/mol. The third-order valence-corrected chi connectivity index (χ3v) is 4.19. The maximum Gasteiger partial charge on any atom is 0.123 e. The van der Waals surface area contributed by atoms with Gasteiger partial charge in [-0.25, -0.2) is 0 Å². The molecule has 0 aromatic heterocycles. The molecule has 2 unspecified atom stereocenters. The smallest absolute Gasteiger partial charge is 0.123 e. The molecule has 0 saturated carbocycles.